The summed E-state index contributed by atoms with van der Waals surface area (Å²) in [5, 5.41) is 3.43. The van der Waals surface area contributed by atoms with Crippen molar-refractivity contribution in [2.75, 3.05) is 16.6 Å². The number of nitrogens with one attached hydrogen (secondary N) is 2. The molecule has 5 rings (SSSR count). The molecule has 218 valence electrons. The highest BCUT2D eigenvalue weighted by atomic mass is 32.2. The number of hydrogen-bond acceptors (Lipinski definition) is 8. The van der Waals surface area contributed by atoms with Gasteiger partial charge in [-0.2, -0.15) is 0 Å². The SMILES string of the molecule is CCC(OC(=O)c1c2c(nc3ccccc13)CCN(C(C)C)C2)C(=O)Nc1ccc(S(=O)(=O)Nc2ccccn2)cc1. The minimum Gasteiger partial charge on any atom is -0.449 e. The minimum absolute atomic E-state index is 0.00871. The number of carbonyl (C=O) groups is 2. The van der Waals surface area contributed by atoms with Crippen LogP contribution >= 0.6 is 0 Å². The van der Waals surface area contributed by atoms with Crippen molar-refractivity contribution in [2.45, 2.75) is 57.2 Å². The average Bonchev–Trinajstić information content (AvgIpc) is 2.98. The fraction of sp³-hybridized carbons (Fsp3) is 0.290. The van der Waals surface area contributed by atoms with Crippen molar-refractivity contribution in [1.82, 2.24) is 14.9 Å². The molecule has 0 bridgehead atoms. The predicted molar refractivity (Wildman–Crippen MR) is 161 cm³/mol. The predicted octanol–water partition coefficient (Wildman–Crippen LogP) is 4.77. The fourth-order valence-corrected chi connectivity index (χ4v) is 5.96. The van der Waals surface area contributed by atoms with E-state index in [0.717, 1.165) is 24.2 Å². The summed E-state index contributed by atoms with van der Waals surface area (Å²) in [6, 6.07) is 18.4. The third-order valence-corrected chi connectivity index (χ3v) is 8.63. The molecule has 11 heteroatoms. The highest BCUT2D eigenvalue weighted by Crippen LogP contribution is 2.30. The van der Waals surface area contributed by atoms with E-state index in [-0.39, 0.29) is 17.1 Å². The van der Waals surface area contributed by atoms with Crippen LogP contribution in [0.3, 0.4) is 0 Å². The Kier molecular flexibility index (Phi) is 8.51. The normalized spacial score (nSPS) is 14.3. The van der Waals surface area contributed by atoms with E-state index in [1.54, 1.807) is 25.1 Å². The number of nitrogens with zero attached hydrogens (tertiary/aromatic N) is 3. The number of sulfonamides is 1. The summed E-state index contributed by atoms with van der Waals surface area (Å²) in [7, 11) is -3.86. The molecule has 2 N–H and O–H groups in total. The number of rotatable bonds is 9. The molecule has 1 unspecified atom stereocenters. The smallest absolute Gasteiger partial charge is 0.340 e. The Morgan fingerprint density at radius 2 is 1.76 bits per heavy atom. The van der Waals surface area contributed by atoms with Crippen LogP contribution in [0.4, 0.5) is 11.5 Å². The summed E-state index contributed by atoms with van der Waals surface area (Å²) in [6.45, 7) is 7.42. The quantitative estimate of drug-likeness (QED) is 0.268. The Balaban J connectivity index is 1.33. The molecule has 2 aromatic heterocycles. The molecule has 0 saturated heterocycles. The number of pyridine rings is 2. The number of anilines is 2. The van der Waals surface area contributed by atoms with Crippen molar-refractivity contribution in [3.8, 4) is 0 Å². The van der Waals surface area contributed by atoms with E-state index in [1.165, 1.54) is 30.5 Å². The van der Waals surface area contributed by atoms with Gasteiger partial charge in [-0.3, -0.25) is 19.4 Å². The van der Waals surface area contributed by atoms with E-state index < -0.39 is 28.0 Å². The van der Waals surface area contributed by atoms with Gasteiger partial charge in [0.05, 0.1) is 16.0 Å². The van der Waals surface area contributed by atoms with E-state index in [2.05, 4.69) is 33.8 Å². The summed E-state index contributed by atoms with van der Waals surface area (Å²) in [5.41, 5.74) is 3.24. The first-order valence-electron chi connectivity index (χ1n) is 13.9. The van der Waals surface area contributed by atoms with Gasteiger partial charge >= 0.3 is 5.97 Å². The second-order valence-corrected chi connectivity index (χ2v) is 12.1. The third kappa shape index (κ3) is 6.27. The Morgan fingerprint density at radius 3 is 2.45 bits per heavy atom. The van der Waals surface area contributed by atoms with E-state index in [9.17, 15) is 18.0 Å². The van der Waals surface area contributed by atoms with Gasteiger partial charge < -0.3 is 10.1 Å². The Morgan fingerprint density at radius 1 is 1.02 bits per heavy atom. The van der Waals surface area contributed by atoms with E-state index in [1.807, 2.05) is 24.3 Å². The lowest BCUT2D eigenvalue weighted by Gasteiger charge is -2.32. The van der Waals surface area contributed by atoms with Crippen LogP contribution in [0.15, 0.2) is 77.8 Å². The number of carbonyl (C=O) groups excluding carboxylic acids is 2. The summed E-state index contributed by atoms with van der Waals surface area (Å²) >= 11 is 0. The molecule has 10 nitrogen and oxygen atoms in total. The zero-order valence-electron chi connectivity index (χ0n) is 23.7. The first-order chi connectivity index (χ1) is 20.2. The fourth-order valence-electron chi connectivity index (χ4n) is 4.96. The molecular weight excluding hydrogens is 554 g/mol. The lowest BCUT2D eigenvalue weighted by Crippen LogP contribution is -2.38. The average molecular weight is 588 g/mol. The number of ether oxygens (including phenoxy) is 1. The van der Waals surface area contributed by atoms with E-state index >= 15 is 0 Å². The van der Waals surface area contributed by atoms with Crippen LogP contribution < -0.4 is 10.0 Å². The molecule has 0 radical (unpaired) electrons. The molecule has 1 amide bonds. The highest BCUT2D eigenvalue weighted by molar-refractivity contribution is 7.92. The van der Waals surface area contributed by atoms with Crippen LogP contribution in [0.2, 0.25) is 0 Å². The van der Waals surface area contributed by atoms with Crippen LogP contribution in [0, 0.1) is 0 Å². The van der Waals surface area contributed by atoms with Crippen molar-refractivity contribution in [3.63, 3.8) is 0 Å². The first-order valence-corrected chi connectivity index (χ1v) is 15.3. The van der Waals surface area contributed by atoms with Gasteiger partial charge in [0.2, 0.25) is 0 Å². The lowest BCUT2D eigenvalue weighted by atomic mass is 9.95. The standard InChI is InChI=1S/C31H33N5O5S/c1-4-27(30(37)33-21-12-14-22(15-13-21)42(39,40)35-28-11-7-8-17-32-28)41-31(38)29-23-9-5-6-10-25(23)34-26-16-18-36(20(2)3)19-24(26)29/h5-15,17,20,27H,4,16,18-19H2,1-3H3,(H,32,35)(H,33,37). The molecule has 2 aromatic carbocycles. The highest BCUT2D eigenvalue weighted by Gasteiger charge is 2.30. The van der Waals surface area contributed by atoms with Crippen LogP contribution in [0.1, 0.15) is 48.8 Å². The first kappa shape index (κ1) is 29.2. The number of para-hydroxylation sites is 1. The molecule has 0 fully saturated rings. The Hall–Kier alpha value is -4.35. The zero-order valence-corrected chi connectivity index (χ0v) is 24.5. The molecule has 3 heterocycles. The van der Waals surface area contributed by atoms with Crippen molar-refractivity contribution >= 4 is 44.3 Å². The van der Waals surface area contributed by atoms with Gasteiger partial charge in [-0.25, -0.2) is 18.2 Å². The van der Waals surface area contributed by atoms with Gasteiger partial charge in [0.25, 0.3) is 15.9 Å². The van der Waals surface area contributed by atoms with Crippen LogP contribution in [0.25, 0.3) is 10.9 Å². The minimum atomic E-state index is -3.86. The van der Waals surface area contributed by atoms with Crippen LogP contribution in [0.5, 0.6) is 0 Å². The number of esters is 1. The number of fused-ring (bicyclic) bond motifs is 2. The molecule has 0 saturated carbocycles. The molecule has 1 aliphatic rings. The molecule has 42 heavy (non-hydrogen) atoms. The molecule has 4 aromatic rings. The van der Waals surface area contributed by atoms with Gasteiger partial charge in [0.1, 0.15) is 5.82 Å². The summed E-state index contributed by atoms with van der Waals surface area (Å²) in [6.07, 6.45) is 1.40. The lowest BCUT2D eigenvalue weighted by molar-refractivity contribution is -0.124. The van der Waals surface area contributed by atoms with Gasteiger partial charge in [0, 0.05) is 54.1 Å². The number of aromatic nitrogens is 2. The zero-order chi connectivity index (χ0) is 29.9. The maximum Gasteiger partial charge on any atom is 0.340 e. The van der Waals surface area contributed by atoms with E-state index in [0.29, 0.717) is 34.7 Å². The van der Waals surface area contributed by atoms with Gasteiger partial charge in [-0.1, -0.05) is 31.2 Å². The number of benzene rings is 2. The van der Waals surface area contributed by atoms with Crippen molar-refractivity contribution < 1.29 is 22.7 Å². The van der Waals surface area contributed by atoms with Gasteiger partial charge in [-0.15, -0.1) is 0 Å². The summed E-state index contributed by atoms with van der Waals surface area (Å²) < 4.78 is 33.6. The van der Waals surface area contributed by atoms with Crippen molar-refractivity contribution in [2.24, 2.45) is 0 Å². The van der Waals surface area contributed by atoms with Crippen LogP contribution in [-0.2, 0) is 32.5 Å². The third-order valence-electron chi connectivity index (χ3n) is 7.26. The number of hydrogen-bond donors (Lipinski definition) is 2. The largest absolute Gasteiger partial charge is 0.449 e. The van der Waals surface area contributed by atoms with E-state index in [4.69, 9.17) is 9.72 Å². The van der Waals surface area contributed by atoms with Gasteiger partial charge in [-0.05, 0) is 62.7 Å². The molecule has 1 aliphatic heterocycles. The Labute approximate surface area is 245 Å². The summed E-state index contributed by atoms with van der Waals surface area (Å²) in [5.74, 6) is -0.883. The molecule has 1 atom stereocenters. The second kappa shape index (κ2) is 12.3. The molecular formula is C31H33N5O5S. The topological polar surface area (TPSA) is 131 Å². The van der Waals surface area contributed by atoms with Crippen molar-refractivity contribution in [3.05, 3.63) is 89.7 Å². The monoisotopic (exact) mass is 587 g/mol. The number of amides is 1. The maximum atomic E-state index is 13.7. The second-order valence-electron chi connectivity index (χ2n) is 10.4. The Bertz CT molecular complexity index is 1710. The van der Waals surface area contributed by atoms with Crippen molar-refractivity contribution in [1.29, 1.82) is 0 Å². The summed E-state index contributed by atoms with van der Waals surface area (Å²) in [4.78, 5) is 38.0. The molecule has 0 aliphatic carbocycles. The molecule has 0 spiro atoms. The van der Waals surface area contributed by atoms with Crippen LogP contribution in [-0.4, -0.2) is 53.9 Å². The van der Waals surface area contributed by atoms with Gasteiger partial charge in [0.15, 0.2) is 6.10 Å². The maximum absolute atomic E-state index is 13.7.